The van der Waals surface area contributed by atoms with E-state index >= 15 is 0 Å². The molecule has 1 fully saturated rings. The summed E-state index contributed by atoms with van der Waals surface area (Å²) in [7, 11) is -3.58. The highest BCUT2D eigenvalue weighted by Crippen LogP contribution is 2.25. The van der Waals surface area contributed by atoms with Crippen molar-refractivity contribution in [2.45, 2.75) is 4.90 Å². The molecule has 0 bridgehead atoms. The largest absolute Gasteiger partial charge is 0.506 e. The zero-order valence-corrected chi connectivity index (χ0v) is 11.8. The smallest absolute Gasteiger partial charge is 0.243 e. The monoisotopic (exact) mass is 295 g/mol. The van der Waals surface area contributed by atoms with Crippen molar-refractivity contribution in [3.63, 3.8) is 0 Å². The molecule has 0 unspecified atom stereocenters. The molecule has 3 N–H and O–H groups in total. The number of rotatable bonds is 3. The fourth-order valence-electron chi connectivity index (χ4n) is 2.10. The fourth-order valence-corrected chi connectivity index (χ4v) is 3.56. The highest BCUT2D eigenvalue weighted by Gasteiger charge is 2.28. The van der Waals surface area contributed by atoms with Gasteiger partial charge in [-0.25, -0.2) is 8.42 Å². The SMILES string of the molecule is C#CCN1CCN(S(=O)(=O)c2ccc(O)c(N)c2)CC1. The number of sulfonamides is 1. The molecule has 0 atom stereocenters. The lowest BCUT2D eigenvalue weighted by Crippen LogP contribution is -2.48. The zero-order chi connectivity index (χ0) is 14.8. The van der Waals surface area contributed by atoms with Gasteiger partial charge in [0.05, 0.1) is 17.1 Å². The molecule has 1 heterocycles. The van der Waals surface area contributed by atoms with Gasteiger partial charge in [0.15, 0.2) is 0 Å². The van der Waals surface area contributed by atoms with Crippen LogP contribution in [-0.2, 0) is 10.0 Å². The summed E-state index contributed by atoms with van der Waals surface area (Å²) in [6, 6.07) is 3.92. The van der Waals surface area contributed by atoms with E-state index in [1.54, 1.807) is 0 Å². The van der Waals surface area contributed by atoms with Crippen molar-refractivity contribution in [3.8, 4) is 18.1 Å². The molecule has 7 heteroatoms. The molecule has 108 valence electrons. The third kappa shape index (κ3) is 2.88. The molecule has 2 rings (SSSR count). The van der Waals surface area contributed by atoms with E-state index in [4.69, 9.17) is 12.2 Å². The molecule has 0 spiro atoms. The standard InChI is InChI=1S/C13H17N3O3S/c1-2-5-15-6-8-16(9-7-15)20(18,19)11-3-4-13(17)12(14)10-11/h1,3-4,10,17H,5-9,14H2. The number of nitrogens with zero attached hydrogens (tertiary/aromatic N) is 2. The average molecular weight is 295 g/mol. The fraction of sp³-hybridized carbons (Fsp3) is 0.385. The van der Waals surface area contributed by atoms with E-state index in [0.717, 1.165) is 0 Å². The van der Waals surface area contributed by atoms with Crippen LogP contribution in [0.15, 0.2) is 23.1 Å². The number of phenols is 1. The lowest BCUT2D eigenvalue weighted by Gasteiger charge is -2.32. The highest BCUT2D eigenvalue weighted by molar-refractivity contribution is 7.89. The summed E-state index contributed by atoms with van der Waals surface area (Å²) in [6.45, 7) is 2.53. The van der Waals surface area contributed by atoms with E-state index in [1.165, 1.54) is 22.5 Å². The molecule has 0 saturated carbocycles. The Bertz CT molecular complexity index is 629. The number of phenolic OH excluding ortho intramolecular Hbond substituents is 1. The first-order chi connectivity index (χ1) is 9.45. The van der Waals surface area contributed by atoms with Crippen LogP contribution in [0.4, 0.5) is 5.69 Å². The Labute approximate surface area is 118 Å². The molecular weight excluding hydrogens is 278 g/mol. The van der Waals surface area contributed by atoms with Gasteiger partial charge < -0.3 is 10.8 Å². The van der Waals surface area contributed by atoms with Gasteiger partial charge in [0.25, 0.3) is 0 Å². The first-order valence-electron chi connectivity index (χ1n) is 6.19. The average Bonchev–Trinajstić information content (AvgIpc) is 2.43. The van der Waals surface area contributed by atoms with Crippen LogP contribution in [0.2, 0.25) is 0 Å². The van der Waals surface area contributed by atoms with Crippen LogP contribution in [0.25, 0.3) is 0 Å². The van der Waals surface area contributed by atoms with E-state index < -0.39 is 10.0 Å². The maximum Gasteiger partial charge on any atom is 0.243 e. The number of hydrogen-bond donors (Lipinski definition) is 2. The molecule has 0 amide bonds. The second-order valence-corrected chi connectivity index (χ2v) is 6.54. The molecule has 1 aromatic carbocycles. The third-order valence-corrected chi connectivity index (χ3v) is 5.18. The molecule has 1 saturated heterocycles. The van der Waals surface area contributed by atoms with Gasteiger partial charge >= 0.3 is 0 Å². The number of piperazine rings is 1. The van der Waals surface area contributed by atoms with E-state index in [-0.39, 0.29) is 16.3 Å². The Morgan fingerprint density at radius 2 is 1.95 bits per heavy atom. The van der Waals surface area contributed by atoms with Crippen LogP contribution in [0.3, 0.4) is 0 Å². The predicted octanol–water partition coefficient (Wildman–Crippen LogP) is -0.0861. The molecule has 1 aromatic rings. The molecule has 0 radical (unpaired) electrons. The van der Waals surface area contributed by atoms with E-state index in [9.17, 15) is 13.5 Å². The van der Waals surface area contributed by atoms with Gasteiger partial charge in [-0.05, 0) is 18.2 Å². The van der Waals surface area contributed by atoms with Crippen LogP contribution in [0.1, 0.15) is 0 Å². The predicted molar refractivity (Wildman–Crippen MR) is 76.6 cm³/mol. The maximum absolute atomic E-state index is 12.4. The van der Waals surface area contributed by atoms with Gasteiger partial charge in [-0.3, -0.25) is 4.90 Å². The van der Waals surface area contributed by atoms with Crippen molar-refractivity contribution in [2.75, 3.05) is 38.5 Å². The van der Waals surface area contributed by atoms with E-state index in [1.807, 2.05) is 4.90 Å². The maximum atomic E-state index is 12.4. The number of terminal acetylenes is 1. The van der Waals surface area contributed by atoms with Gasteiger partial charge in [0.1, 0.15) is 5.75 Å². The Kier molecular flexibility index (Phi) is 4.18. The lowest BCUT2D eigenvalue weighted by atomic mass is 10.3. The van der Waals surface area contributed by atoms with Crippen molar-refractivity contribution in [2.24, 2.45) is 0 Å². The van der Waals surface area contributed by atoms with Crippen molar-refractivity contribution in [1.29, 1.82) is 0 Å². The van der Waals surface area contributed by atoms with Crippen LogP contribution in [-0.4, -0.2) is 55.5 Å². The van der Waals surface area contributed by atoms with Gasteiger partial charge in [0, 0.05) is 26.2 Å². The third-order valence-electron chi connectivity index (χ3n) is 3.28. The summed E-state index contributed by atoms with van der Waals surface area (Å²) < 4.78 is 26.3. The minimum atomic E-state index is -3.58. The number of aromatic hydroxyl groups is 1. The van der Waals surface area contributed by atoms with Gasteiger partial charge in [-0.15, -0.1) is 6.42 Å². The molecule has 1 aliphatic heterocycles. The second-order valence-electron chi connectivity index (χ2n) is 4.60. The van der Waals surface area contributed by atoms with Crippen molar-refractivity contribution >= 4 is 15.7 Å². The Hall–Kier alpha value is -1.75. The summed E-state index contributed by atoms with van der Waals surface area (Å²) in [5, 5.41) is 9.35. The minimum absolute atomic E-state index is 0.0528. The molecule has 20 heavy (non-hydrogen) atoms. The van der Waals surface area contributed by atoms with E-state index in [0.29, 0.717) is 32.7 Å². The van der Waals surface area contributed by atoms with Gasteiger partial charge in [-0.2, -0.15) is 4.31 Å². The highest BCUT2D eigenvalue weighted by atomic mass is 32.2. The van der Waals surface area contributed by atoms with Gasteiger partial charge in [0.2, 0.25) is 10.0 Å². The Morgan fingerprint density at radius 3 is 2.50 bits per heavy atom. The Morgan fingerprint density at radius 1 is 1.30 bits per heavy atom. The second kappa shape index (κ2) is 5.71. The lowest BCUT2D eigenvalue weighted by molar-refractivity contribution is 0.207. The minimum Gasteiger partial charge on any atom is -0.506 e. The summed E-state index contributed by atoms with van der Waals surface area (Å²) in [4.78, 5) is 2.12. The van der Waals surface area contributed by atoms with Crippen LogP contribution in [0, 0.1) is 12.3 Å². The molecule has 0 aliphatic carbocycles. The normalized spacial score (nSPS) is 17.8. The molecular formula is C13H17N3O3S. The van der Waals surface area contributed by atoms with Crippen LogP contribution in [0.5, 0.6) is 5.75 Å². The molecule has 6 nitrogen and oxygen atoms in total. The quantitative estimate of drug-likeness (QED) is 0.462. The van der Waals surface area contributed by atoms with Crippen molar-refractivity contribution in [1.82, 2.24) is 9.21 Å². The number of anilines is 1. The van der Waals surface area contributed by atoms with Crippen LogP contribution < -0.4 is 5.73 Å². The van der Waals surface area contributed by atoms with Gasteiger partial charge in [-0.1, -0.05) is 5.92 Å². The number of hydrogen-bond acceptors (Lipinski definition) is 5. The first kappa shape index (κ1) is 14.7. The topological polar surface area (TPSA) is 86.9 Å². The zero-order valence-electron chi connectivity index (χ0n) is 11.0. The number of benzene rings is 1. The van der Waals surface area contributed by atoms with E-state index in [2.05, 4.69) is 5.92 Å². The van der Waals surface area contributed by atoms with Crippen molar-refractivity contribution in [3.05, 3.63) is 18.2 Å². The summed E-state index contributed by atoms with van der Waals surface area (Å²) in [5.74, 6) is 2.43. The summed E-state index contributed by atoms with van der Waals surface area (Å²) >= 11 is 0. The number of nitrogen functional groups attached to an aromatic ring is 1. The molecule has 1 aliphatic rings. The molecule has 0 aromatic heterocycles. The van der Waals surface area contributed by atoms with Crippen LogP contribution >= 0.6 is 0 Å². The summed E-state index contributed by atoms with van der Waals surface area (Å²) in [6.07, 6.45) is 5.24. The number of nitrogens with two attached hydrogens (primary N) is 1. The Balaban J connectivity index is 2.16. The van der Waals surface area contributed by atoms with Crippen molar-refractivity contribution < 1.29 is 13.5 Å². The summed E-state index contributed by atoms with van der Waals surface area (Å²) in [5.41, 5.74) is 5.60. The first-order valence-corrected chi connectivity index (χ1v) is 7.63.